The maximum Gasteiger partial charge on any atom is 0.410 e. The molecule has 2 N–H and O–H groups in total. The second-order valence-electron chi connectivity index (χ2n) is 18.1. The molecule has 362 valence electrons. The van der Waals surface area contributed by atoms with Crippen molar-refractivity contribution in [2.45, 2.75) is 71.8 Å². The van der Waals surface area contributed by atoms with Crippen molar-refractivity contribution in [1.29, 1.82) is 0 Å². The van der Waals surface area contributed by atoms with Gasteiger partial charge in [-0.15, -0.1) is 0 Å². The van der Waals surface area contributed by atoms with Crippen LogP contribution in [-0.2, 0) is 33.8 Å². The van der Waals surface area contributed by atoms with Crippen LogP contribution in [0.2, 0.25) is 0 Å². The third-order valence-electron chi connectivity index (χ3n) is 13.2. The quantitative estimate of drug-likeness (QED) is 0.0996. The summed E-state index contributed by atoms with van der Waals surface area (Å²) in [5, 5.41) is 3.70. The molecule has 69 heavy (non-hydrogen) atoms. The lowest BCUT2D eigenvalue weighted by Crippen LogP contribution is -2.45. The third kappa shape index (κ3) is 14.7. The molecule has 2 aromatic heterocycles. The zero-order valence-electron chi connectivity index (χ0n) is 40.4. The molecule has 2 fully saturated rings. The van der Waals surface area contributed by atoms with Gasteiger partial charge in [0.2, 0.25) is 11.8 Å². The topological polar surface area (TPSA) is 105 Å². The maximum atomic E-state index is 12.6. The number of H-pyrrole nitrogens is 2. The molecule has 2 saturated heterocycles. The largest absolute Gasteiger partial charge is 0.445 e. The zero-order chi connectivity index (χ0) is 48.2. The molecule has 0 spiro atoms. The minimum absolute atomic E-state index is 0.106. The molecular weight excluding hydrogens is 925 g/mol. The number of fused-ring (bicyclic) bond motifs is 2. The fourth-order valence-electron chi connectivity index (χ4n) is 9.57. The molecule has 2 aliphatic heterocycles. The third-order valence-corrected chi connectivity index (χ3v) is 13.6. The molecule has 0 aliphatic carbocycles. The highest BCUT2D eigenvalue weighted by molar-refractivity contribution is 9.09. The second-order valence-corrected chi connectivity index (χ2v) is 18.9. The van der Waals surface area contributed by atoms with Gasteiger partial charge in [-0.1, -0.05) is 133 Å². The summed E-state index contributed by atoms with van der Waals surface area (Å²) >= 11 is 3.44. The predicted molar refractivity (Wildman–Crippen MR) is 286 cm³/mol. The van der Waals surface area contributed by atoms with Crippen LogP contribution in [0.4, 0.5) is 16.2 Å². The highest BCUT2D eigenvalue weighted by Crippen LogP contribution is 2.26. The van der Waals surface area contributed by atoms with Crippen LogP contribution in [0.15, 0.2) is 152 Å². The number of halogens is 1. The molecule has 0 unspecified atom stereocenters. The number of aryl methyl sites for hydroxylation is 1. The summed E-state index contributed by atoms with van der Waals surface area (Å²) in [6.07, 6.45) is 11.5. The first kappa shape index (κ1) is 50.7. The van der Waals surface area contributed by atoms with E-state index in [4.69, 9.17) is 4.74 Å². The number of carbonyl (C=O) groups excluding carboxylic acids is 3. The summed E-state index contributed by atoms with van der Waals surface area (Å²) in [6, 6.07) is 46.5. The van der Waals surface area contributed by atoms with Crippen molar-refractivity contribution in [3.05, 3.63) is 169 Å². The standard InChI is InChI=1S/C25H31N3O.C23H28N2O3.C10H10BrN/c1-2-25(29)28(22-10-4-3-5-11-22)19-20-9-8-15-27(18-20)16-14-21-17-26-24-13-7-6-12-23(21)24;1-2-22(26)25(21-13-7-4-8-14-21)17-20-12-9-15-24(16-20)23(27)28-18-19-10-5-3-6-11-19;11-6-5-8-7-12-10-4-2-1-3-9(8)10/h3-7,10-13,17,20,26H,2,8-9,14-16,18-19H2,1H3;3-8,10-11,13-14,20H,2,9,12,15-18H2,1H3;1-4,7,12H,5-6H2/t2*20-;/m11./s1. The van der Waals surface area contributed by atoms with Crippen LogP contribution in [0.5, 0.6) is 0 Å². The van der Waals surface area contributed by atoms with Crippen molar-refractivity contribution in [2.75, 3.05) is 60.9 Å². The van der Waals surface area contributed by atoms with Crippen LogP contribution in [0, 0.1) is 11.8 Å². The Morgan fingerprint density at radius 3 is 1.62 bits per heavy atom. The molecule has 0 bridgehead atoms. The highest BCUT2D eigenvalue weighted by Gasteiger charge is 2.28. The van der Waals surface area contributed by atoms with E-state index in [-0.39, 0.29) is 30.4 Å². The summed E-state index contributed by atoms with van der Waals surface area (Å²) in [6.45, 7) is 10.2. The van der Waals surface area contributed by atoms with E-state index in [9.17, 15) is 14.4 Å². The number of likely N-dealkylation sites (tertiary alicyclic amines) is 2. The molecule has 4 heterocycles. The van der Waals surface area contributed by atoms with E-state index >= 15 is 0 Å². The normalized spacial score (nSPS) is 15.9. The van der Waals surface area contributed by atoms with Gasteiger partial charge in [0.25, 0.3) is 0 Å². The fourth-order valence-corrected chi connectivity index (χ4v) is 9.99. The second kappa shape index (κ2) is 26.5. The van der Waals surface area contributed by atoms with E-state index in [1.807, 2.05) is 115 Å². The van der Waals surface area contributed by atoms with Gasteiger partial charge in [0.15, 0.2) is 0 Å². The Morgan fingerprint density at radius 1 is 0.609 bits per heavy atom. The van der Waals surface area contributed by atoms with E-state index in [2.05, 4.69) is 91.7 Å². The molecule has 0 saturated carbocycles. The number of nitrogens with one attached hydrogen (secondary N) is 2. The van der Waals surface area contributed by atoms with Gasteiger partial charge >= 0.3 is 6.09 Å². The Bertz CT molecular complexity index is 2640. The van der Waals surface area contributed by atoms with Crippen molar-refractivity contribution >= 4 is 67.0 Å². The lowest BCUT2D eigenvalue weighted by molar-refractivity contribution is -0.119. The molecular formula is C58H69BrN6O4. The lowest BCUT2D eigenvalue weighted by Gasteiger charge is -2.35. The summed E-state index contributed by atoms with van der Waals surface area (Å²) in [4.78, 5) is 52.4. The van der Waals surface area contributed by atoms with E-state index in [1.54, 1.807) is 4.90 Å². The number of amides is 3. The summed E-state index contributed by atoms with van der Waals surface area (Å²) in [5.41, 5.74) is 8.16. The van der Waals surface area contributed by atoms with Gasteiger partial charge in [-0.3, -0.25) is 9.59 Å². The average molecular weight is 994 g/mol. The summed E-state index contributed by atoms with van der Waals surface area (Å²) in [7, 11) is 0. The van der Waals surface area contributed by atoms with Crippen molar-refractivity contribution in [1.82, 2.24) is 19.8 Å². The minimum Gasteiger partial charge on any atom is -0.445 e. The number of hydrogen-bond donors (Lipinski definition) is 2. The minimum atomic E-state index is -0.276. The SMILES string of the molecule is BrCCc1c[nH]c2ccccc12.CCC(=O)N(C[C@@H]1CCCN(C(=O)OCc2ccccc2)C1)c1ccccc1.CCC(=O)N(C[C@@H]1CCCN(CCc2c[nH]c3ccccc23)C1)c1ccccc1. The van der Waals surface area contributed by atoms with Crippen LogP contribution in [-0.4, -0.2) is 88.8 Å². The number of ether oxygens (including phenoxy) is 1. The molecule has 11 heteroatoms. The Kier molecular flexibility index (Phi) is 19.5. The molecule has 2 aliphatic rings. The fraction of sp³-hybridized carbons (Fsp3) is 0.362. The van der Waals surface area contributed by atoms with Gasteiger partial charge < -0.3 is 34.3 Å². The molecule has 5 aromatic carbocycles. The number of carbonyl (C=O) groups is 3. The molecule has 0 radical (unpaired) electrons. The number of hydrogen-bond acceptors (Lipinski definition) is 5. The van der Waals surface area contributed by atoms with Crippen molar-refractivity contribution in [2.24, 2.45) is 11.8 Å². The number of benzene rings is 5. The first-order valence-corrected chi connectivity index (χ1v) is 26.0. The molecule has 9 rings (SSSR count). The first-order chi connectivity index (χ1) is 33.8. The van der Waals surface area contributed by atoms with Crippen LogP contribution in [0.25, 0.3) is 21.8 Å². The van der Waals surface area contributed by atoms with E-state index in [0.29, 0.717) is 38.4 Å². The number of anilines is 2. The Morgan fingerprint density at radius 2 is 1.09 bits per heavy atom. The van der Waals surface area contributed by atoms with E-state index in [0.717, 1.165) is 74.1 Å². The van der Waals surface area contributed by atoms with Crippen LogP contribution in [0.1, 0.15) is 69.1 Å². The van der Waals surface area contributed by atoms with Gasteiger partial charge in [-0.05, 0) is 110 Å². The van der Waals surface area contributed by atoms with Gasteiger partial charge in [-0.25, -0.2) is 4.79 Å². The van der Waals surface area contributed by atoms with Crippen molar-refractivity contribution < 1.29 is 19.1 Å². The number of piperidine rings is 2. The Balaban J connectivity index is 0.000000165. The highest BCUT2D eigenvalue weighted by atomic mass is 79.9. The monoisotopic (exact) mass is 992 g/mol. The van der Waals surface area contributed by atoms with Crippen LogP contribution in [0.3, 0.4) is 0 Å². The number of aromatic amines is 2. The molecule has 10 nitrogen and oxygen atoms in total. The zero-order valence-corrected chi connectivity index (χ0v) is 42.0. The van der Waals surface area contributed by atoms with Crippen molar-refractivity contribution in [3.8, 4) is 0 Å². The van der Waals surface area contributed by atoms with Gasteiger partial charge in [0.05, 0.1) is 0 Å². The summed E-state index contributed by atoms with van der Waals surface area (Å²) in [5.74, 6) is 1.10. The Hall–Kier alpha value is -6.17. The van der Waals surface area contributed by atoms with Crippen molar-refractivity contribution in [3.63, 3.8) is 0 Å². The van der Waals surface area contributed by atoms with Crippen LogP contribution >= 0.6 is 15.9 Å². The van der Waals surface area contributed by atoms with Crippen LogP contribution < -0.4 is 9.80 Å². The smallest absolute Gasteiger partial charge is 0.410 e. The maximum absolute atomic E-state index is 12.6. The first-order valence-electron chi connectivity index (χ1n) is 24.9. The molecule has 3 amide bonds. The number of aromatic nitrogens is 2. The summed E-state index contributed by atoms with van der Waals surface area (Å²) < 4.78 is 5.48. The van der Waals surface area contributed by atoms with Gasteiger partial charge in [0.1, 0.15) is 6.61 Å². The van der Waals surface area contributed by atoms with Gasteiger partial charge in [-0.2, -0.15) is 0 Å². The number of alkyl halides is 1. The Labute approximate surface area is 417 Å². The van der Waals surface area contributed by atoms with E-state index in [1.165, 1.54) is 45.8 Å². The number of para-hydroxylation sites is 4. The molecule has 7 aromatic rings. The lowest BCUT2D eigenvalue weighted by atomic mass is 9.96. The molecule has 2 atom stereocenters. The number of nitrogens with zero attached hydrogens (tertiary/aromatic N) is 4. The predicted octanol–water partition coefficient (Wildman–Crippen LogP) is 12.4. The van der Waals surface area contributed by atoms with E-state index < -0.39 is 0 Å². The number of rotatable bonds is 15. The average Bonchev–Trinajstić information content (AvgIpc) is 4.03. The van der Waals surface area contributed by atoms with Gasteiger partial charge in [0, 0.05) is 103 Å².